The number of nitriles is 3. The van der Waals surface area contributed by atoms with E-state index in [0.717, 1.165) is 14.2 Å². The summed E-state index contributed by atoms with van der Waals surface area (Å²) in [6.07, 6.45) is 6.72. The molecule has 17 heteroatoms. The molecule has 48 heavy (non-hydrogen) atoms. The summed E-state index contributed by atoms with van der Waals surface area (Å²) in [5.41, 5.74) is 1.44. The van der Waals surface area contributed by atoms with Crippen molar-refractivity contribution in [1.82, 2.24) is 19.9 Å². The minimum absolute atomic E-state index is 0. The first kappa shape index (κ1) is 53.4. The Morgan fingerprint density at radius 3 is 1.48 bits per heavy atom. The quantitative estimate of drug-likeness (QED) is 0.182. The van der Waals surface area contributed by atoms with Gasteiger partial charge in [0.05, 0.1) is 42.5 Å². The van der Waals surface area contributed by atoms with E-state index in [-0.39, 0.29) is 72.5 Å². The summed E-state index contributed by atoms with van der Waals surface area (Å²) in [6.45, 7) is 0. The third-order valence-corrected chi connectivity index (χ3v) is 5.29. The molecule has 0 aromatic carbocycles. The van der Waals surface area contributed by atoms with E-state index in [4.69, 9.17) is 75.0 Å². The molecule has 252 valence electrons. The van der Waals surface area contributed by atoms with Crippen LogP contribution in [0.25, 0.3) is 0 Å². The molecule has 0 spiro atoms. The van der Waals surface area contributed by atoms with Crippen LogP contribution in [-0.4, -0.2) is 66.9 Å². The Kier molecular flexibility index (Phi) is 38.1. The summed E-state index contributed by atoms with van der Waals surface area (Å²) in [6, 6.07) is 15.5. The van der Waals surface area contributed by atoms with Crippen LogP contribution in [0.5, 0.6) is 17.6 Å². The molecule has 0 amide bonds. The summed E-state index contributed by atoms with van der Waals surface area (Å²) in [4.78, 5) is 25.5. The average molecular weight is 731 g/mol. The number of halogens is 3. The fraction of sp³-hybridized carbons (Fsp3) is 0.226. The number of hydrogen-bond acceptors (Lipinski definition) is 13. The van der Waals surface area contributed by atoms with Crippen LogP contribution in [0.4, 0.5) is 0 Å². The maximum atomic E-state index is 10.4. The predicted octanol–water partition coefficient (Wildman–Crippen LogP) is 2.60. The fourth-order valence-corrected chi connectivity index (χ4v) is 3.01. The standard InChI is InChI=1S/C7H5ClN2O.C7H6ClNO2.C7H6N2O.C6H3ClN2.CH4O.CH3O.2CH4.Na/c1-11-7-5(4-9)6(8)2-3-10-7;1-11-7-5(4-10)6(8)2-3-9-7;1-10-7-6(5-8)3-2-4-9-7;7-6-5(4-8)2-1-3-9-6;2*1-2;;;/h2-3H,1H3;2-4H,1H3;2-4H,1H3;1-3H;2H,1H3;1H3;2*1H4;/q;;;;;-1;;;+1. The van der Waals surface area contributed by atoms with E-state index in [2.05, 4.69) is 19.9 Å². The number of aromatic nitrogens is 4. The summed E-state index contributed by atoms with van der Waals surface area (Å²) in [5.74, 6) is 0.900. The molecular formula is C31H35Cl3N7NaO6. The van der Waals surface area contributed by atoms with E-state index in [0.29, 0.717) is 33.3 Å². The smallest absolute Gasteiger partial charge is 0.857 e. The van der Waals surface area contributed by atoms with E-state index in [1.807, 2.05) is 18.2 Å². The number of ether oxygens (including phenoxy) is 3. The molecular weight excluding hydrogens is 696 g/mol. The maximum absolute atomic E-state index is 10.4. The summed E-state index contributed by atoms with van der Waals surface area (Å²) >= 11 is 16.8. The Morgan fingerprint density at radius 1 is 0.688 bits per heavy atom. The normalized spacial score (nSPS) is 7.73. The summed E-state index contributed by atoms with van der Waals surface area (Å²) < 4.78 is 14.4. The van der Waals surface area contributed by atoms with Gasteiger partial charge in [-0.25, -0.2) is 19.9 Å². The summed E-state index contributed by atoms with van der Waals surface area (Å²) in [5, 5.41) is 41.6. The third-order valence-electron chi connectivity index (χ3n) is 4.35. The molecule has 4 heterocycles. The summed E-state index contributed by atoms with van der Waals surface area (Å²) in [7, 11) is 6.12. The average Bonchev–Trinajstić information content (AvgIpc) is 3.10. The second-order valence-corrected chi connectivity index (χ2v) is 7.92. The van der Waals surface area contributed by atoms with Crippen molar-refractivity contribution in [3.8, 4) is 35.8 Å². The van der Waals surface area contributed by atoms with Crippen molar-refractivity contribution in [2.75, 3.05) is 35.5 Å². The van der Waals surface area contributed by atoms with Crippen LogP contribution in [-0.2, 0) is 0 Å². The first-order valence-electron chi connectivity index (χ1n) is 11.8. The number of carbonyl (C=O) groups excluding carboxylic acids is 1. The van der Waals surface area contributed by atoms with Gasteiger partial charge in [0.1, 0.15) is 34.5 Å². The Labute approximate surface area is 318 Å². The van der Waals surface area contributed by atoms with E-state index in [1.54, 1.807) is 42.7 Å². The molecule has 0 saturated carbocycles. The zero-order valence-corrected chi connectivity index (χ0v) is 29.9. The Hall–Kier alpha value is -4.07. The number of methoxy groups -OCH3 is 3. The number of aliphatic hydroxyl groups excluding tert-OH is 1. The Balaban J connectivity index is -0.000000162. The van der Waals surface area contributed by atoms with Crippen molar-refractivity contribution >= 4 is 41.1 Å². The minimum Gasteiger partial charge on any atom is -0.857 e. The molecule has 0 atom stereocenters. The first-order chi connectivity index (χ1) is 21.8. The molecule has 0 aliphatic rings. The second kappa shape index (κ2) is 34.3. The monoisotopic (exact) mass is 729 g/mol. The van der Waals surface area contributed by atoms with Gasteiger partial charge in [0.25, 0.3) is 0 Å². The molecule has 0 aliphatic heterocycles. The second-order valence-electron chi connectivity index (χ2n) is 6.75. The van der Waals surface area contributed by atoms with Crippen LogP contribution in [0.15, 0.2) is 61.2 Å². The number of hydrogen-bond donors (Lipinski definition) is 1. The van der Waals surface area contributed by atoms with Crippen LogP contribution in [0, 0.1) is 34.0 Å². The first-order valence-corrected chi connectivity index (χ1v) is 12.9. The van der Waals surface area contributed by atoms with Gasteiger partial charge in [0.2, 0.25) is 17.6 Å². The number of pyridine rings is 4. The molecule has 0 bridgehead atoms. The van der Waals surface area contributed by atoms with E-state index >= 15 is 0 Å². The molecule has 0 saturated heterocycles. The number of nitrogens with zero attached hydrogens (tertiary/aromatic N) is 7. The molecule has 1 N–H and O–H groups in total. The van der Waals surface area contributed by atoms with Gasteiger partial charge >= 0.3 is 29.6 Å². The molecule has 0 aliphatic carbocycles. The van der Waals surface area contributed by atoms with Gasteiger partial charge < -0.3 is 24.4 Å². The zero-order valence-electron chi connectivity index (χ0n) is 25.6. The van der Waals surface area contributed by atoms with Gasteiger partial charge in [-0.1, -0.05) is 49.7 Å². The number of aliphatic hydroxyl groups is 1. The largest absolute Gasteiger partial charge is 1.00 e. The van der Waals surface area contributed by atoms with Crippen molar-refractivity contribution in [1.29, 1.82) is 15.8 Å². The van der Waals surface area contributed by atoms with Gasteiger partial charge in [-0.3, -0.25) is 4.79 Å². The zero-order chi connectivity index (χ0) is 34.6. The van der Waals surface area contributed by atoms with Gasteiger partial charge in [-0.15, -0.1) is 0 Å². The van der Waals surface area contributed by atoms with Crippen molar-refractivity contribution < 1.29 is 58.8 Å². The van der Waals surface area contributed by atoms with Gasteiger partial charge in [-0.2, -0.15) is 22.9 Å². The van der Waals surface area contributed by atoms with Gasteiger partial charge in [-0.05, 0) is 36.4 Å². The van der Waals surface area contributed by atoms with Crippen LogP contribution in [0.1, 0.15) is 41.9 Å². The SMILES string of the molecule is C.C.CO.COc1nccc(Cl)c1C#N.COc1nccc(Cl)c1C=O.COc1ncccc1C#N.C[O-].N#Cc1cccnc1Cl.[Na+]. The fourth-order valence-electron chi connectivity index (χ4n) is 2.49. The van der Waals surface area contributed by atoms with Crippen molar-refractivity contribution in [3.63, 3.8) is 0 Å². The van der Waals surface area contributed by atoms with Gasteiger partial charge in [0, 0.05) is 31.9 Å². The topological polar surface area (TPSA) is 211 Å². The van der Waals surface area contributed by atoms with Crippen molar-refractivity contribution in [2.45, 2.75) is 14.9 Å². The molecule has 13 nitrogen and oxygen atoms in total. The number of carbonyl (C=O) groups is 1. The molecule has 0 fully saturated rings. The molecule has 0 radical (unpaired) electrons. The molecule has 4 rings (SSSR count). The molecule has 4 aromatic rings. The molecule has 4 aromatic heterocycles. The van der Waals surface area contributed by atoms with Crippen LogP contribution in [0.2, 0.25) is 15.2 Å². The maximum Gasteiger partial charge on any atom is 1.00 e. The van der Waals surface area contributed by atoms with Crippen molar-refractivity contribution in [3.05, 3.63) is 98.6 Å². The Morgan fingerprint density at radius 2 is 1.12 bits per heavy atom. The number of rotatable bonds is 4. The number of aldehydes is 1. The molecule has 0 unspecified atom stereocenters. The third kappa shape index (κ3) is 19.6. The van der Waals surface area contributed by atoms with Crippen LogP contribution < -0.4 is 48.9 Å². The van der Waals surface area contributed by atoms with Crippen molar-refractivity contribution in [2.24, 2.45) is 0 Å². The van der Waals surface area contributed by atoms with Gasteiger partial charge in [0.15, 0.2) is 6.29 Å². The van der Waals surface area contributed by atoms with E-state index < -0.39 is 0 Å². The van der Waals surface area contributed by atoms with Crippen LogP contribution >= 0.6 is 34.8 Å². The van der Waals surface area contributed by atoms with E-state index in [1.165, 1.54) is 39.8 Å². The minimum atomic E-state index is 0. The predicted molar refractivity (Wildman–Crippen MR) is 179 cm³/mol. The van der Waals surface area contributed by atoms with E-state index in [9.17, 15) is 4.79 Å². The van der Waals surface area contributed by atoms with Crippen LogP contribution in [0.3, 0.4) is 0 Å². The Bertz CT molecular complexity index is 1580.